The number of halogens is 5. The number of aromatic nitrogens is 8. The van der Waals surface area contributed by atoms with E-state index < -0.39 is 0 Å². The summed E-state index contributed by atoms with van der Waals surface area (Å²) in [5.74, 6) is -1.38. The molecule has 2 N–H and O–H groups in total. The first kappa shape index (κ1) is 38.6. The molecule has 14 heteroatoms. The highest BCUT2D eigenvalue weighted by atomic mass is 79.9. The van der Waals surface area contributed by atoms with E-state index in [9.17, 15) is 22.8 Å². The Balaban J connectivity index is 0.000000156. The Morgan fingerprint density at radius 2 is 0.770 bits per heavy atom. The van der Waals surface area contributed by atoms with Crippen molar-refractivity contribution in [2.45, 2.75) is 0 Å². The zero-order valence-corrected chi connectivity index (χ0v) is 33.0. The van der Waals surface area contributed by atoms with Gasteiger partial charge in [0.1, 0.15) is 39.6 Å². The largest absolute Gasteiger partial charge is 0.269 e. The maximum absolute atomic E-state index is 13.7. The third-order valence-corrected chi connectivity index (χ3v) is 10.5. The number of hydrogen-bond donors (Lipinski definition) is 2. The third-order valence-electron chi connectivity index (χ3n) is 9.91. The van der Waals surface area contributed by atoms with Crippen molar-refractivity contribution in [2.24, 2.45) is 0 Å². The van der Waals surface area contributed by atoms with Crippen molar-refractivity contribution in [1.82, 2.24) is 40.3 Å². The second-order valence-corrected chi connectivity index (χ2v) is 14.4. The molecular formula is C47H26BrF4N9. The van der Waals surface area contributed by atoms with Crippen molar-refractivity contribution in [3.8, 4) is 73.1 Å². The smallest absolute Gasteiger partial charge is 0.183 e. The first-order chi connectivity index (χ1) is 29.8. The molecule has 0 fully saturated rings. The molecule has 0 atom stereocenters. The second-order valence-electron chi connectivity index (χ2n) is 13.6. The average molecular weight is 873 g/mol. The molecule has 0 saturated carbocycles. The monoisotopic (exact) mass is 871 g/mol. The Labute approximate surface area is 352 Å². The number of fused-ring (bicyclic) bond motifs is 2. The summed E-state index contributed by atoms with van der Waals surface area (Å²) in [7, 11) is 0. The lowest BCUT2D eigenvalue weighted by atomic mass is 9.89. The summed E-state index contributed by atoms with van der Waals surface area (Å²) in [6.07, 6.45) is 6.71. The molecule has 0 aliphatic rings. The van der Waals surface area contributed by atoms with E-state index in [4.69, 9.17) is 9.97 Å². The Kier molecular flexibility index (Phi) is 10.4. The molecule has 9 nitrogen and oxygen atoms in total. The molecule has 10 aromatic rings. The van der Waals surface area contributed by atoms with Crippen LogP contribution < -0.4 is 0 Å². The summed E-state index contributed by atoms with van der Waals surface area (Å²) >= 11 is 3.53. The van der Waals surface area contributed by atoms with E-state index in [1.54, 1.807) is 73.3 Å². The molecule has 0 aliphatic carbocycles. The van der Waals surface area contributed by atoms with E-state index in [0.29, 0.717) is 54.9 Å². The van der Waals surface area contributed by atoms with Gasteiger partial charge >= 0.3 is 0 Å². The second kappa shape index (κ2) is 16.4. The summed E-state index contributed by atoms with van der Waals surface area (Å²) in [6.45, 7) is 0. The number of H-pyrrole nitrogens is 2. The van der Waals surface area contributed by atoms with Gasteiger partial charge < -0.3 is 0 Å². The molecule has 0 saturated heterocycles. The number of nitriles is 1. The average Bonchev–Trinajstić information content (AvgIpc) is 3.89. The fourth-order valence-corrected chi connectivity index (χ4v) is 7.66. The van der Waals surface area contributed by atoms with Gasteiger partial charge in [0, 0.05) is 58.2 Å². The van der Waals surface area contributed by atoms with Crippen molar-refractivity contribution in [3.63, 3.8) is 0 Å². The van der Waals surface area contributed by atoms with E-state index in [1.807, 2.05) is 24.3 Å². The van der Waals surface area contributed by atoms with Crippen molar-refractivity contribution in [3.05, 3.63) is 180 Å². The topological polar surface area (TPSA) is 133 Å². The highest BCUT2D eigenvalue weighted by molar-refractivity contribution is 9.10. The molecule has 10 rings (SSSR count). The van der Waals surface area contributed by atoms with Crippen LogP contribution in [-0.4, -0.2) is 40.3 Å². The Hall–Kier alpha value is -7.89. The third kappa shape index (κ3) is 7.50. The summed E-state index contributed by atoms with van der Waals surface area (Å²) in [4.78, 5) is 17.7. The number of nitrogens with one attached hydrogen (secondary N) is 2. The predicted octanol–water partition coefficient (Wildman–Crippen LogP) is 11.9. The molecule has 0 amide bonds. The van der Waals surface area contributed by atoms with E-state index in [0.717, 1.165) is 38.8 Å². The lowest BCUT2D eigenvalue weighted by molar-refractivity contribution is 0.627. The minimum absolute atomic E-state index is 0.253. The van der Waals surface area contributed by atoms with Crippen LogP contribution in [0.1, 0.15) is 5.69 Å². The molecule has 294 valence electrons. The van der Waals surface area contributed by atoms with Crippen LogP contribution in [0.3, 0.4) is 0 Å². The van der Waals surface area contributed by atoms with Crippen LogP contribution in [0.25, 0.3) is 89.1 Å². The lowest BCUT2D eigenvalue weighted by Crippen LogP contribution is -1.97. The molecule has 0 bridgehead atoms. The first-order valence-corrected chi connectivity index (χ1v) is 19.3. The van der Waals surface area contributed by atoms with Crippen molar-refractivity contribution >= 4 is 38.0 Å². The molecule has 4 aromatic carbocycles. The number of hydrogen-bond acceptors (Lipinski definition) is 7. The molecular weight excluding hydrogens is 846 g/mol. The minimum Gasteiger partial charge on any atom is -0.269 e. The molecule has 61 heavy (non-hydrogen) atoms. The van der Waals surface area contributed by atoms with Crippen LogP contribution >= 0.6 is 15.9 Å². The van der Waals surface area contributed by atoms with Gasteiger partial charge in [0.15, 0.2) is 11.3 Å². The summed E-state index contributed by atoms with van der Waals surface area (Å²) < 4.78 is 55.2. The van der Waals surface area contributed by atoms with Crippen molar-refractivity contribution < 1.29 is 17.6 Å². The molecule has 6 heterocycles. The maximum Gasteiger partial charge on any atom is 0.183 e. The van der Waals surface area contributed by atoms with Crippen molar-refractivity contribution in [2.75, 3.05) is 0 Å². The number of rotatable bonds is 6. The van der Waals surface area contributed by atoms with Crippen LogP contribution in [0.2, 0.25) is 0 Å². The van der Waals surface area contributed by atoms with Crippen LogP contribution in [-0.2, 0) is 0 Å². The van der Waals surface area contributed by atoms with Crippen LogP contribution in [0.4, 0.5) is 17.6 Å². The summed E-state index contributed by atoms with van der Waals surface area (Å²) in [6, 6.07) is 34.0. The molecule has 0 spiro atoms. The molecule has 0 aliphatic heterocycles. The van der Waals surface area contributed by atoms with Gasteiger partial charge in [-0.15, -0.1) is 0 Å². The molecule has 6 aromatic heterocycles. The van der Waals surface area contributed by atoms with Crippen LogP contribution in [0.5, 0.6) is 0 Å². The standard InChI is InChI=1S/C24H13F2N5.C23H13BrF2N4/c25-17-5-1-14(2-6-17)20-21(15-9-11-28-12-10-15)23(16-3-7-18(26)8-4-16)29-24-22(20)19(13-27)30-31-24;24-22-20-18(13-1-5-16(25)6-2-13)19(14-9-11-27-12-10-14)21(28-23(20)30-29-22)15-3-7-17(26)8-4-15/h1-12H,(H,29,30,31);1-12H,(H,28,29,30). The van der Waals surface area contributed by atoms with Gasteiger partial charge in [-0.25, -0.2) is 27.5 Å². The zero-order valence-electron chi connectivity index (χ0n) is 31.4. The first-order valence-electron chi connectivity index (χ1n) is 18.5. The highest BCUT2D eigenvalue weighted by Crippen LogP contribution is 2.46. The fourth-order valence-electron chi connectivity index (χ4n) is 7.20. The number of nitrogens with zero attached hydrogens (tertiary/aromatic N) is 7. The number of pyridine rings is 4. The van der Waals surface area contributed by atoms with Gasteiger partial charge in [-0.1, -0.05) is 24.3 Å². The highest BCUT2D eigenvalue weighted by Gasteiger charge is 2.25. The lowest BCUT2D eigenvalue weighted by Gasteiger charge is -2.16. The number of benzene rings is 4. The Morgan fingerprint density at radius 3 is 1.18 bits per heavy atom. The Bertz CT molecular complexity index is 3230. The van der Waals surface area contributed by atoms with Gasteiger partial charge in [-0.2, -0.15) is 15.5 Å². The van der Waals surface area contributed by atoms with Crippen LogP contribution in [0, 0.1) is 34.6 Å². The van der Waals surface area contributed by atoms with Crippen LogP contribution in [0.15, 0.2) is 151 Å². The number of aromatic amines is 2. The minimum atomic E-state index is -0.369. The summed E-state index contributed by atoms with van der Waals surface area (Å²) in [5.41, 5.74) is 9.97. The zero-order chi connectivity index (χ0) is 42.0. The van der Waals surface area contributed by atoms with Gasteiger partial charge in [0.25, 0.3) is 0 Å². The van der Waals surface area contributed by atoms with Crippen molar-refractivity contribution in [1.29, 1.82) is 5.26 Å². The van der Waals surface area contributed by atoms with E-state index in [-0.39, 0.29) is 29.0 Å². The van der Waals surface area contributed by atoms with Gasteiger partial charge in [0.05, 0.1) is 22.2 Å². The normalized spacial score (nSPS) is 11.0. The fraction of sp³-hybridized carbons (Fsp3) is 0. The molecule has 0 radical (unpaired) electrons. The summed E-state index contributed by atoms with van der Waals surface area (Å²) in [5, 5.41) is 25.2. The SMILES string of the molecule is Fc1ccc(-c2nc3n[nH]c(Br)c3c(-c3ccc(F)cc3)c2-c2ccncc2)cc1.N#Cc1[nH]nc2nc(-c3ccc(F)cc3)c(-c3ccncc3)c(-c3ccc(F)cc3)c12. The Morgan fingerprint density at radius 1 is 0.426 bits per heavy atom. The van der Waals surface area contributed by atoms with E-state index in [2.05, 4.69) is 52.4 Å². The van der Waals surface area contributed by atoms with Gasteiger partial charge in [0.2, 0.25) is 0 Å². The van der Waals surface area contributed by atoms with E-state index >= 15 is 0 Å². The molecule has 0 unspecified atom stereocenters. The van der Waals surface area contributed by atoms with Gasteiger partial charge in [-0.3, -0.25) is 20.2 Å². The predicted molar refractivity (Wildman–Crippen MR) is 228 cm³/mol. The van der Waals surface area contributed by atoms with E-state index in [1.165, 1.54) is 48.5 Å². The van der Waals surface area contributed by atoms with Gasteiger partial charge in [-0.05, 0) is 135 Å². The quantitative estimate of drug-likeness (QED) is 0.159. The maximum atomic E-state index is 13.7.